The van der Waals surface area contributed by atoms with Crippen LogP contribution in [-0.2, 0) is 4.79 Å². The third-order valence-corrected chi connectivity index (χ3v) is 5.35. The Kier molecular flexibility index (Phi) is 3.98. The summed E-state index contributed by atoms with van der Waals surface area (Å²) < 4.78 is 1.14. The van der Waals surface area contributed by atoms with Crippen LogP contribution in [0.2, 0.25) is 0 Å². The molecule has 2 aromatic rings. The van der Waals surface area contributed by atoms with E-state index in [2.05, 4.69) is 12.6 Å². The largest absolute Gasteiger partial charge is 0.336 e. The van der Waals surface area contributed by atoms with Crippen molar-refractivity contribution in [3.05, 3.63) is 47.4 Å². The number of piperazine rings is 1. The number of carbonyl (C=O) groups excluding carboxylic acids is 2. The van der Waals surface area contributed by atoms with Crippen LogP contribution in [0, 0.1) is 6.92 Å². The normalized spacial score (nSPS) is 15.1. The molecule has 0 spiro atoms. The summed E-state index contributed by atoms with van der Waals surface area (Å²) in [5.74, 6) is 0.00884. The highest BCUT2D eigenvalue weighted by atomic mass is 32.1. The van der Waals surface area contributed by atoms with Crippen molar-refractivity contribution in [2.24, 2.45) is 0 Å². The van der Waals surface area contributed by atoms with Gasteiger partial charge in [0.25, 0.3) is 5.91 Å². The molecule has 1 aromatic carbocycles. The fraction of sp³-hybridized carbons (Fsp3) is 0.294. The summed E-state index contributed by atoms with van der Waals surface area (Å²) >= 11 is 1.55. The van der Waals surface area contributed by atoms with Crippen molar-refractivity contribution in [1.82, 2.24) is 9.80 Å². The van der Waals surface area contributed by atoms with E-state index in [1.54, 1.807) is 16.2 Å². The minimum absolute atomic E-state index is 0.0647. The molecule has 2 amide bonds. The maximum absolute atomic E-state index is 12.7. The molecule has 4 nitrogen and oxygen atoms in total. The molecule has 1 aliphatic rings. The fourth-order valence-electron chi connectivity index (χ4n) is 2.78. The van der Waals surface area contributed by atoms with E-state index in [0.29, 0.717) is 26.2 Å². The lowest BCUT2D eigenvalue weighted by Gasteiger charge is -2.34. The average molecular weight is 314 g/mol. The van der Waals surface area contributed by atoms with E-state index in [-0.39, 0.29) is 11.8 Å². The molecule has 22 heavy (non-hydrogen) atoms. The SMILES string of the molecule is C=CC(=O)N1CCN(C(=O)c2sc3ccccc3c2C)CC1. The van der Waals surface area contributed by atoms with E-state index < -0.39 is 0 Å². The molecular weight excluding hydrogens is 296 g/mol. The second kappa shape index (κ2) is 5.93. The number of rotatable bonds is 2. The molecule has 1 aliphatic heterocycles. The molecule has 0 atom stereocenters. The van der Waals surface area contributed by atoms with E-state index in [0.717, 1.165) is 20.5 Å². The number of benzene rings is 1. The first-order chi connectivity index (χ1) is 10.6. The Morgan fingerprint density at radius 2 is 1.77 bits per heavy atom. The first kappa shape index (κ1) is 14.8. The number of amides is 2. The predicted molar refractivity (Wildman–Crippen MR) is 89.2 cm³/mol. The molecule has 0 bridgehead atoms. The summed E-state index contributed by atoms with van der Waals surface area (Å²) in [6.45, 7) is 7.80. The number of thiophene rings is 1. The standard InChI is InChI=1S/C17H18N2O2S/c1-3-15(20)18-8-10-19(11-9-18)17(21)16-12(2)13-6-4-5-7-14(13)22-16/h3-7H,1,8-11H2,2H3. The summed E-state index contributed by atoms with van der Waals surface area (Å²) in [6.07, 6.45) is 1.33. The van der Waals surface area contributed by atoms with Gasteiger partial charge in [0.1, 0.15) is 0 Å². The van der Waals surface area contributed by atoms with Crippen LogP contribution in [0.5, 0.6) is 0 Å². The quantitative estimate of drug-likeness (QED) is 0.800. The van der Waals surface area contributed by atoms with Gasteiger partial charge in [0.15, 0.2) is 0 Å². The first-order valence-electron chi connectivity index (χ1n) is 7.30. The monoisotopic (exact) mass is 314 g/mol. The van der Waals surface area contributed by atoms with E-state index in [1.165, 1.54) is 6.08 Å². The summed E-state index contributed by atoms with van der Waals surface area (Å²) in [5, 5.41) is 1.15. The van der Waals surface area contributed by atoms with Gasteiger partial charge in [-0.05, 0) is 30.0 Å². The van der Waals surface area contributed by atoms with Crippen molar-refractivity contribution >= 4 is 33.2 Å². The fourth-order valence-corrected chi connectivity index (χ4v) is 3.96. The van der Waals surface area contributed by atoms with Crippen molar-refractivity contribution in [2.45, 2.75) is 6.92 Å². The van der Waals surface area contributed by atoms with E-state index in [9.17, 15) is 9.59 Å². The van der Waals surface area contributed by atoms with Crippen molar-refractivity contribution in [3.8, 4) is 0 Å². The van der Waals surface area contributed by atoms with Crippen molar-refractivity contribution in [3.63, 3.8) is 0 Å². The first-order valence-corrected chi connectivity index (χ1v) is 8.12. The van der Waals surface area contributed by atoms with Crippen LogP contribution in [0.4, 0.5) is 0 Å². The topological polar surface area (TPSA) is 40.6 Å². The number of hydrogen-bond donors (Lipinski definition) is 0. The zero-order valence-electron chi connectivity index (χ0n) is 12.5. The maximum Gasteiger partial charge on any atom is 0.264 e. The van der Waals surface area contributed by atoms with Crippen molar-refractivity contribution in [2.75, 3.05) is 26.2 Å². The third kappa shape index (κ3) is 2.52. The van der Waals surface area contributed by atoms with E-state index >= 15 is 0 Å². The molecule has 0 unspecified atom stereocenters. The number of hydrogen-bond acceptors (Lipinski definition) is 3. The van der Waals surface area contributed by atoms with Gasteiger partial charge in [0, 0.05) is 30.9 Å². The number of fused-ring (bicyclic) bond motifs is 1. The molecule has 0 radical (unpaired) electrons. The Hall–Kier alpha value is -2.14. The van der Waals surface area contributed by atoms with Crippen molar-refractivity contribution in [1.29, 1.82) is 0 Å². The van der Waals surface area contributed by atoms with Crippen LogP contribution < -0.4 is 0 Å². The number of nitrogens with zero attached hydrogens (tertiary/aromatic N) is 2. The van der Waals surface area contributed by atoms with Crippen LogP contribution in [0.1, 0.15) is 15.2 Å². The molecule has 1 fully saturated rings. The summed E-state index contributed by atoms with van der Waals surface area (Å²) in [5.41, 5.74) is 1.05. The molecule has 114 valence electrons. The molecule has 0 saturated carbocycles. The lowest BCUT2D eigenvalue weighted by atomic mass is 10.1. The van der Waals surface area contributed by atoms with Gasteiger partial charge < -0.3 is 9.80 Å². The third-order valence-electron chi connectivity index (χ3n) is 4.09. The highest BCUT2D eigenvalue weighted by Gasteiger charge is 2.26. The smallest absolute Gasteiger partial charge is 0.264 e. The van der Waals surface area contributed by atoms with E-state index in [1.807, 2.05) is 30.0 Å². The number of carbonyl (C=O) groups is 2. The molecular formula is C17H18N2O2S. The van der Waals surface area contributed by atoms with Gasteiger partial charge in [-0.15, -0.1) is 11.3 Å². The van der Waals surface area contributed by atoms with Gasteiger partial charge in [0.05, 0.1) is 4.88 Å². The van der Waals surface area contributed by atoms with Crippen LogP contribution in [0.3, 0.4) is 0 Å². The Morgan fingerprint density at radius 1 is 1.14 bits per heavy atom. The van der Waals surface area contributed by atoms with Gasteiger partial charge in [0.2, 0.25) is 5.91 Å². The summed E-state index contributed by atoms with van der Waals surface area (Å²) in [6, 6.07) is 8.09. The minimum atomic E-state index is -0.0647. The molecule has 3 rings (SSSR count). The van der Waals surface area contributed by atoms with Crippen LogP contribution in [0.25, 0.3) is 10.1 Å². The highest BCUT2D eigenvalue weighted by molar-refractivity contribution is 7.21. The maximum atomic E-state index is 12.7. The Morgan fingerprint density at radius 3 is 2.41 bits per heavy atom. The lowest BCUT2D eigenvalue weighted by molar-refractivity contribution is -0.127. The van der Waals surface area contributed by atoms with E-state index in [4.69, 9.17) is 0 Å². The van der Waals surface area contributed by atoms with Crippen molar-refractivity contribution < 1.29 is 9.59 Å². The van der Waals surface area contributed by atoms with Gasteiger partial charge in [-0.25, -0.2) is 0 Å². The van der Waals surface area contributed by atoms with Gasteiger partial charge in [-0.1, -0.05) is 24.8 Å². The predicted octanol–water partition coefficient (Wildman–Crippen LogP) is 2.68. The van der Waals surface area contributed by atoms with Gasteiger partial charge >= 0.3 is 0 Å². The molecule has 0 aliphatic carbocycles. The summed E-state index contributed by atoms with van der Waals surface area (Å²) in [4.78, 5) is 28.7. The summed E-state index contributed by atoms with van der Waals surface area (Å²) in [7, 11) is 0. The van der Waals surface area contributed by atoms with Crippen LogP contribution in [0.15, 0.2) is 36.9 Å². The second-order valence-electron chi connectivity index (χ2n) is 5.37. The molecule has 0 N–H and O–H groups in total. The Labute approximate surface area is 133 Å². The highest BCUT2D eigenvalue weighted by Crippen LogP contribution is 2.31. The van der Waals surface area contributed by atoms with Gasteiger partial charge in [-0.2, -0.15) is 0 Å². The second-order valence-corrected chi connectivity index (χ2v) is 6.43. The zero-order chi connectivity index (χ0) is 15.7. The van der Waals surface area contributed by atoms with Gasteiger partial charge in [-0.3, -0.25) is 9.59 Å². The van der Waals surface area contributed by atoms with Crippen LogP contribution in [-0.4, -0.2) is 47.8 Å². The lowest BCUT2D eigenvalue weighted by Crippen LogP contribution is -2.50. The zero-order valence-corrected chi connectivity index (χ0v) is 13.4. The Balaban J connectivity index is 1.78. The Bertz CT molecular complexity index is 742. The molecule has 5 heteroatoms. The molecule has 1 saturated heterocycles. The van der Waals surface area contributed by atoms with Crippen LogP contribution >= 0.6 is 11.3 Å². The number of aryl methyl sites for hydroxylation is 1. The average Bonchev–Trinajstić information content (AvgIpc) is 2.91. The molecule has 2 heterocycles. The molecule has 1 aromatic heterocycles. The minimum Gasteiger partial charge on any atom is -0.336 e.